The second-order valence-electron chi connectivity index (χ2n) is 22.3. The predicted octanol–water partition coefficient (Wildman–Crippen LogP) is 12.3. The molecule has 1 amide bonds. The maximum atomic E-state index is 14.4. The zero-order valence-electron chi connectivity index (χ0n) is 47.5. The van der Waals surface area contributed by atoms with Gasteiger partial charge in [-0.25, -0.2) is 16.3 Å². The van der Waals surface area contributed by atoms with Crippen LogP contribution in [0, 0.1) is 20.4 Å². The lowest BCUT2D eigenvalue weighted by Crippen LogP contribution is -2.51. The number of aromatic hydroxyl groups is 1. The van der Waals surface area contributed by atoms with E-state index in [1.54, 1.807) is 33.6 Å². The fraction of sp³-hybridized carbons (Fsp3) is 0.542. The monoisotopic (exact) mass is 1060 g/mol. The van der Waals surface area contributed by atoms with Gasteiger partial charge in [-0.1, -0.05) is 97.0 Å². The van der Waals surface area contributed by atoms with Gasteiger partial charge >= 0.3 is 12.3 Å². The fourth-order valence-corrected chi connectivity index (χ4v) is 13.9. The highest BCUT2D eigenvalue weighted by Crippen LogP contribution is 2.47. The summed E-state index contributed by atoms with van der Waals surface area (Å²) < 4.78 is 49.8. The number of nitrogens with one attached hydrogen (secondary N) is 1. The molecule has 0 bridgehead atoms. The summed E-state index contributed by atoms with van der Waals surface area (Å²) in [6, 6.07) is 18.5. The number of amides is 1. The van der Waals surface area contributed by atoms with E-state index in [1.165, 1.54) is 7.11 Å². The van der Waals surface area contributed by atoms with Crippen LogP contribution in [0.3, 0.4) is 0 Å². The van der Waals surface area contributed by atoms with E-state index in [1.807, 2.05) is 44.2 Å². The first-order valence-electron chi connectivity index (χ1n) is 26.4. The van der Waals surface area contributed by atoms with Crippen LogP contribution in [0.5, 0.6) is 34.5 Å². The number of morpholine rings is 1. The molecule has 1 saturated heterocycles. The van der Waals surface area contributed by atoms with Crippen molar-refractivity contribution in [1.29, 1.82) is 0 Å². The third kappa shape index (κ3) is 13.2. The largest absolute Gasteiger partial charge is 0.541 e. The van der Waals surface area contributed by atoms with Crippen molar-refractivity contribution < 1.29 is 47.2 Å². The average Bonchev–Trinajstić information content (AvgIpc) is 3.68. The summed E-state index contributed by atoms with van der Waals surface area (Å²) in [5.41, 5.74) is 8.15. The molecule has 1 fully saturated rings. The van der Waals surface area contributed by atoms with Gasteiger partial charge in [0, 0.05) is 66.9 Å². The summed E-state index contributed by atoms with van der Waals surface area (Å²) in [6.45, 7) is 36.9. The highest BCUT2D eigenvalue weighted by Gasteiger charge is 2.42. The Morgan fingerprint density at radius 2 is 1.43 bits per heavy atom. The zero-order valence-corrected chi connectivity index (χ0v) is 49.5. The van der Waals surface area contributed by atoms with Crippen LogP contribution in [-0.4, -0.2) is 125 Å². The number of hydrogen-bond acceptors (Lipinski definition) is 12. The van der Waals surface area contributed by atoms with E-state index in [0.29, 0.717) is 83.7 Å². The van der Waals surface area contributed by atoms with Crippen molar-refractivity contribution in [2.75, 3.05) is 61.3 Å². The SMILES string of the molecule is [C-]#[N+]C(C(Cc1cc(O)c(OC)c(C)c1OC)N=CC(Cc1cc(O[Si](C)(C)C(C)(C)C)c(OC)c(C)c1OC)NC(=O)OCC1c2ccccc2-c2ccccc21)N1CCO[C@@H](CCO[Si](C)(C(C)C)C(C)C)C1. The molecule has 0 aromatic heterocycles. The van der Waals surface area contributed by atoms with Crippen molar-refractivity contribution in [3.05, 3.63) is 105 Å². The number of alkyl carbamates (subject to hydrolysis) is 1. The molecule has 4 aromatic rings. The quantitative estimate of drug-likeness (QED) is 0.0416. The van der Waals surface area contributed by atoms with Crippen molar-refractivity contribution in [3.63, 3.8) is 0 Å². The molecule has 75 heavy (non-hydrogen) atoms. The summed E-state index contributed by atoms with van der Waals surface area (Å²) in [5, 5.41) is 14.3. The standard InChI is InChI=1S/C59H84N4O10Si2/c1-37(2)75(17,38(3)4)72-28-26-44-35-63(27-29-70-44)57(60-10)50(31-42-32-51(64)55(68-13)39(5)53(42)66-11)61-34-43(30-41-33-52(73-74(15,16)59(7,8)9)56(69-14)40(6)54(41)67-12)62-58(65)71-36-49-47-24-20-18-22-45(47)46-23-19-21-25-48(46)49/h18-25,32-34,37-38,43-44,49-50,57,64H,26-31,35-36H2,1-9,11-17H3,(H,62,65)/t43?,44-,50?,57?/m0/s1. The molecule has 4 atom stereocenters. The van der Waals surface area contributed by atoms with Crippen LogP contribution in [-0.2, 0) is 26.7 Å². The summed E-state index contributed by atoms with van der Waals surface area (Å²) in [7, 11) is 1.95. The lowest BCUT2D eigenvalue weighted by Gasteiger charge is -2.37. The van der Waals surface area contributed by atoms with Crippen molar-refractivity contribution in [1.82, 2.24) is 10.2 Å². The third-order valence-electron chi connectivity index (χ3n) is 16.1. The van der Waals surface area contributed by atoms with E-state index in [0.717, 1.165) is 33.4 Å². The zero-order chi connectivity index (χ0) is 55.0. The van der Waals surface area contributed by atoms with E-state index >= 15 is 0 Å². The Morgan fingerprint density at radius 1 is 0.867 bits per heavy atom. The number of ether oxygens (including phenoxy) is 6. The van der Waals surface area contributed by atoms with E-state index in [2.05, 4.69) is 107 Å². The summed E-state index contributed by atoms with van der Waals surface area (Å²) >= 11 is 0. The van der Waals surface area contributed by atoms with Crippen LogP contribution in [0.2, 0.25) is 35.8 Å². The Hall–Kier alpha value is -5.58. The number of phenolic OH excluding ortho intramolecular Hbond substituents is 1. The van der Waals surface area contributed by atoms with Crippen LogP contribution in [0.15, 0.2) is 65.7 Å². The Morgan fingerprint density at radius 3 is 1.97 bits per heavy atom. The van der Waals surface area contributed by atoms with Gasteiger partial charge in [-0.05, 0) is 90.4 Å². The van der Waals surface area contributed by atoms with Crippen molar-refractivity contribution >= 4 is 28.9 Å². The predicted molar refractivity (Wildman–Crippen MR) is 304 cm³/mol. The van der Waals surface area contributed by atoms with Crippen LogP contribution >= 0.6 is 0 Å². The van der Waals surface area contributed by atoms with Gasteiger partial charge in [0.25, 0.3) is 8.32 Å². The minimum Gasteiger partial charge on any atom is -0.541 e. The van der Waals surface area contributed by atoms with Crippen molar-refractivity contribution in [2.45, 2.75) is 148 Å². The highest BCUT2D eigenvalue weighted by molar-refractivity contribution is 6.75. The number of benzene rings is 4. The van der Waals surface area contributed by atoms with Crippen LogP contribution in [0.4, 0.5) is 4.79 Å². The Labute approximate surface area is 449 Å². The highest BCUT2D eigenvalue weighted by atomic mass is 28.4. The molecule has 16 heteroatoms. The van der Waals surface area contributed by atoms with Gasteiger partial charge in [0.1, 0.15) is 29.9 Å². The minimum atomic E-state index is -2.38. The van der Waals surface area contributed by atoms with Crippen molar-refractivity contribution in [2.24, 2.45) is 4.99 Å². The molecule has 14 nitrogen and oxygen atoms in total. The molecule has 1 aliphatic carbocycles. The van der Waals surface area contributed by atoms with E-state index in [-0.39, 0.29) is 42.3 Å². The molecule has 1 heterocycles. The number of aliphatic imine (C=N–C) groups is 1. The van der Waals surface area contributed by atoms with Gasteiger partial charge in [0.05, 0.1) is 47.2 Å². The maximum absolute atomic E-state index is 14.4. The van der Waals surface area contributed by atoms with Crippen LogP contribution < -0.4 is 28.7 Å². The number of carbonyl (C=O) groups excluding carboxylic acids is 1. The normalized spacial score (nSPS) is 16.5. The Kier molecular flexibility index (Phi) is 19.6. The van der Waals surface area contributed by atoms with E-state index in [9.17, 15) is 9.90 Å². The molecular formula is C59H84N4O10Si2. The van der Waals surface area contributed by atoms with E-state index in [4.69, 9.17) is 48.8 Å². The molecule has 4 aromatic carbocycles. The molecule has 1 aliphatic heterocycles. The third-order valence-corrected chi connectivity index (χ3v) is 25.9. The average molecular weight is 1070 g/mol. The molecular weight excluding hydrogens is 981 g/mol. The molecule has 6 rings (SSSR count). The molecule has 3 unspecified atom stereocenters. The molecule has 408 valence electrons. The first kappa shape index (κ1) is 58.7. The van der Waals surface area contributed by atoms with E-state index < -0.39 is 41.0 Å². The first-order valence-corrected chi connectivity index (χ1v) is 31.9. The minimum absolute atomic E-state index is 0.0508. The number of hydrogen-bond donors (Lipinski definition) is 2. The lowest BCUT2D eigenvalue weighted by atomic mass is 9.98. The number of phenols is 1. The maximum Gasteiger partial charge on any atom is 0.407 e. The van der Waals surface area contributed by atoms with Gasteiger partial charge in [0.15, 0.2) is 25.6 Å². The number of methoxy groups -OCH3 is 4. The summed E-state index contributed by atoms with van der Waals surface area (Å²) in [4.78, 5) is 26.1. The van der Waals surface area contributed by atoms with Gasteiger partial charge in [-0.2, -0.15) is 0 Å². The summed E-state index contributed by atoms with van der Waals surface area (Å²) in [6.07, 6.45) is 1.26. The number of fused-ring (bicyclic) bond motifs is 3. The number of nitrogens with zero attached hydrogens (tertiary/aromatic N) is 3. The number of carbonyl (C=O) groups is 1. The molecule has 2 aliphatic rings. The first-order chi connectivity index (χ1) is 35.5. The van der Waals surface area contributed by atoms with Gasteiger partial charge in [-0.3, -0.25) is 9.84 Å². The van der Waals surface area contributed by atoms with Gasteiger partial charge < -0.3 is 47.7 Å². The van der Waals surface area contributed by atoms with Gasteiger partial charge in [-0.15, -0.1) is 0 Å². The molecule has 0 spiro atoms. The molecule has 2 N–H and O–H groups in total. The van der Waals surface area contributed by atoms with Gasteiger partial charge in [0.2, 0.25) is 0 Å². The van der Waals surface area contributed by atoms with Crippen molar-refractivity contribution in [3.8, 4) is 45.6 Å². The van der Waals surface area contributed by atoms with Crippen LogP contribution in [0.1, 0.15) is 94.2 Å². The smallest absolute Gasteiger partial charge is 0.407 e. The lowest BCUT2D eigenvalue weighted by molar-refractivity contribution is -0.0481. The molecule has 0 radical (unpaired) electrons. The second-order valence-corrected chi connectivity index (χ2v) is 32.0. The topological polar surface area (TPSA) is 143 Å². The Bertz CT molecular complexity index is 2630. The Balaban J connectivity index is 1.40. The summed E-state index contributed by atoms with van der Waals surface area (Å²) in [5.74, 6) is 2.37. The molecule has 0 saturated carbocycles. The second kappa shape index (κ2) is 25.1. The number of rotatable bonds is 23. The van der Waals surface area contributed by atoms with Crippen LogP contribution in [0.25, 0.3) is 16.0 Å². The fourth-order valence-electron chi connectivity index (χ4n) is 10.4.